The van der Waals surface area contributed by atoms with E-state index in [1.807, 2.05) is 27.7 Å². The van der Waals surface area contributed by atoms with Crippen LogP contribution in [0.15, 0.2) is 34.9 Å². The second kappa shape index (κ2) is 26.7. The number of aliphatic carboxylic acids is 1. The van der Waals surface area contributed by atoms with E-state index in [9.17, 15) is 85.9 Å². The lowest BCUT2D eigenvalue weighted by Crippen LogP contribution is -2.72. The Balaban J connectivity index is 1.05. The fourth-order valence-electron chi connectivity index (χ4n) is 17.8. The highest BCUT2D eigenvalue weighted by Gasteiger charge is 2.74. The summed E-state index contributed by atoms with van der Waals surface area (Å²) in [7, 11) is 0. The lowest BCUT2D eigenvalue weighted by Gasteiger charge is -2.72. The molecule has 518 valence electrons. The molecule has 4 saturated heterocycles. The molecule has 0 spiro atoms. The number of allylic oxidation sites excluding steroid dienone is 4. The number of carboxylic acids is 1. The van der Waals surface area contributed by atoms with Gasteiger partial charge in [-0.05, 0) is 119 Å². The van der Waals surface area contributed by atoms with Gasteiger partial charge in [-0.1, -0.05) is 72.3 Å². The summed E-state index contributed by atoms with van der Waals surface area (Å²) < 4.78 is 61.9. The molecule has 4 heterocycles. The molecule has 0 amide bonds. The molecule has 14 N–H and O–H groups in total. The van der Waals surface area contributed by atoms with Gasteiger partial charge >= 0.3 is 17.9 Å². The maximum atomic E-state index is 13.9. The molecule has 5 aliphatic carbocycles. The van der Waals surface area contributed by atoms with Gasteiger partial charge in [-0.2, -0.15) is 0 Å². The van der Waals surface area contributed by atoms with E-state index < -0.39 is 223 Å². The van der Waals surface area contributed by atoms with Crippen LogP contribution in [0.4, 0.5) is 0 Å². The van der Waals surface area contributed by atoms with Gasteiger partial charge in [-0.15, -0.1) is 0 Å². The van der Waals surface area contributed by atoms with Gasteiger partial charge in [-0.3, -0.25) is 0 Å². The van der Waals surface area contributed by atoms with Crippen molar-refractivity contribution in [2.24, 2.45) is 50.2 Å². The predicted molar refractivity (Wildman–Crippen MR) is 313 cm³/mol. The Morgan fingerprint density at radius 3 is 1.68 bits per heavy atom. The molecule has 4 aliphatic heterocycles. The molecule has 8 fully saturated rings. The Labute approximate surface area is 529 Å². The van der Waals surface area contributed by atoms with E-state index in [0.717, 1.165) is 5.57 Å². The molecule has 91 heavy (non-hydrogen) atoms. The van der Waals surface area contributed by atoms with Crippen LogP contribution in [-0.2, 0) is 61.8 Å². The SMILES string of the molecule is C/C=C(\C)C(=O)O[C@H]1[C@H](OC(=O)/C(C)=C/C)[C@]2(CO)[C@H](O)C[C@]3(C)C(=CC[C@@H]4[C@@]5(C)CC[C@H](O[C@@H]6O[C@H](C(=O)O)[C@@H](O)[C@H](O[C@@H]7O[C@H](CO)[C@H](O)[C@H](O)[C@H]7OC7OC(C)C(O)C(O)C7O)[C@H]6O[C@@H]6O[C@H](CO)[C@H](O)[C@H](O)[C@H]6O)C(C)(C)[C@@H]5CC[C@]43C)[C@@H]2CC1(C)C. The minimum atomic E-state index is -2.29. The molecule has 27 nitrogen and oxygen atoms in total. The maximum Gasteiger partial charge on any atom is 0.335 e. The molecule has 0 aromatic rings. The number of hydrogen-bond donors (Lipinski definition) is 14. The van der Waals surface area contributed by atoms with Crippen molar-refractivity contribution in [1.82, 2.24) is 0 Å². The zero-order valence-corrected chi connectivity index (χ0v) is 54.0. The normalized spacial score (nSPS) is 49.8. The molecular formula is C64H100O27. The highest BCUT2D eigenvalue weighted by molar-refractivity contribution is 5.89. The molecule has 4 saturated carbocycles. The van der Waals surface area contributed by atoms with Gasteiger partial charge in [0.1, 0.15) is 91.6 Å². The summed E-state index contributed by atoms with van der Waals surface area (Å²) in [5.41, 5.74) is -3.17. The highest BCUT2D eigenvalue weighted by Crippen LogP contribution is 2.76. The van der Waals surface area contributed by atoms with Crippen LogP contribution < -0.4 is 0 Å². The summed E-state index contributed by atoms with van der Waals surface area (Å²) >= 11 is 0. The maximum absolute atomic E-state index is 13.9. The minimum absolute atomic E-state index is 0.0434. The number of aliphatic hydroxyl groups is 13. The zero-order valence-electron chi connectivity index (χ0n) is 54.0. The van der Waals surface area contributed by atoms with Crippen molar-refractivity contribution in [2.45, 2.75) is 275 Å². The number of aliphatic hydroxyl groups excluding tert-OH is 13. The van der Waals surface area contributed by atoms with Crippen molar-refractivity contribution in [3.63, 3.8) is 0 Å². The molecule has 0 radical (unpaired) electrons. The zero-order chi connectivity index (χ0) is 67.3. The second-order valence-corrected chi connectivity index (χ2v) is 29.3. The van der Waals surface area contributed by atoms with Crippen LogP contribution in [0.5, 0.6) is 0 Å². The Morgan fingerprint density at radius 2 is 1.11 bits per heavy atom. The first kappa shape index (κ1) is 72.1. The number of fused-ring (bicyclic) bond motifs is 7. The van der Waals surface area contributed by atoms with E-state index in [1.165, 1.54) is 6.92 Å². The molecule has 9 aliphatic rings. The third-order valence-electron chi connectivity index (χ3n) is 23.7. The third-order valence-corrected chi connectivity index (χ3v) is 23.7. The largest absolute Gasteiger partial charge is 0.479 e. The van der Waals surface area contributed by atoms with Crippen molar-refractivity contribution < 1.29 is 133 Å². The van der Waals surface area contributed by atoms with E-state index in [-0.39, 0.29) is 18.3 Å². The first-order valence-electron chi connectivity index (χ1n) is 32.0. The Bertz CT molecular complexity index is 2720. The summed E-state index contributed by atoms with van der Waals surface area (Å²) in [4.78, 5) is 40.8. The average Bonchev–Trinajstić information content (AvgIpc) is 0.670. The number of ether oxygens (including phenoxy) is 10. The molecule has 0 aromatic heterocycles. The summed E-state index contributed by atoms with van der Waals surface area (Å²) in [6.45, 7) is 20.2. The number of carbonyl (C=O) groups excluding carboxylic acids is 2. The highest BCUT2D eigenvalue weighted by atomic mass is 16.8. The van der Waals surface area contributed by atoms with Crippen LogP contribution in [0, 0.1) is 50.2 Å². The van der Waals surface area contributed by atoms with E-state index >= 15 is 0 Å². The van der Waals surface area contributed by atoms with Gasteiger partial charge in [0.2, 0.25) is 0 Å². The minimum Gasteiger partial charge on any atom is -0.479 e. The van der Waals surface area contributed by atoms with Gasteiger partial charge in [0, 0.05) is 16.6 Å². The molecule has 31 atom stereocenters. The Morgan fingerprint density at radius 1 is 0.582 bits per heavy atom. The lowest BCUT2D eigenvalue weighted by molar-refractivity contribution is -0.406. The lowest BCUT2D eigenvalue weighted by atomic mass is 9.33. The smallest absolute Gasteiger partial charge is 0.335 e. The Hall–Kier alpha value is -3.21. The second-order valence-electron chi connectivity index (χ2n) is 29.3. The van der Waals surface area contributed by atoms with Gasteiger partial charge in [0.25, 0.3) is 0 Å². The van der Waals surface area contributed by atoms with Crippen LogP contribution in [0.2, 0.25) is 0 Å². The number of hydrogen-bond acceptors (Lipinski definition) is 26. The van der Waals surface area contributed by atoms with Crippen molar-refractivity contribution in [3.05, 3.63) is 34.9 Å². The molecule has 27 heteroatoms. The summed E-state index contributed by atoms with van der Waals surface area (Å²) in [5, 5.41) is 156. The van der Waals surface area contributed by atoms with E-state index in [2.05, 4.69) is 26.8 Å². The van der Waals surface area contributed by atoms with Gasteiger partial charge < -0.3 is 119 Å². The molecule has 9 rings (SSSR count). The molecular weight excluding hydrogens is 1200 g/mol. The topological polar surface area (TPSA) is 427 Å². The summed E-state index contributed by atoms with van der Waals surface area (Å²) in [6.07, 6.45) is -33.9. The van der Waals surface area contributed by atoms with Crippen LogP contribution in [0.25, 0.3) is 0 Å². The number of carbonyl (C=O) groups is 3. The number of esters is 2. The third kappa shape index (κ3) is 12.0. The average molecular weight is 1300 g/mol. The van der Waals surface area contributed by atoms with Crippen molar-refractivity contribution in [3.8, 4) is 0 Å². The number of rotatable bonds is 16. The van der Waals surface area contributed by atoms with Gasteiger partial charge in [0.05, 0.1) is 43.5 Å². The van der Waals surface area contributed by atoms with Crippen molar-refractivity contribution in [2.75, 3.05) is 19.8 Å². The van der Waals surface area contributed by atoms with Crippen LogP contribution in [0.1, 0.15) is 128 Å². The van der Waals surface area contributed by atoms with E-state index in [1.54, 1.807) is 39.8 Å². The van der Waals surface area contributed by atoms with Crippen LogP contribution >= 0.6 is 0 Å². The summed E-state index contributed by atoms with van der Waals surface area (Å²) in [6, 6.07) is 0. The van der Waals surface area contributed by atoms with Gasteiger partial charge in [0.15, 0.2) is 37.4 Å². The fourth-order valence-corrected chi connectivity index (χ4v) is 17.8. The monoisotopic (exact) mass is 1300 g/mol. The van der Waals surface area contributed by atoms with Crippen LogP contribution in [-0.4, -0.2) is 256 Å². The standard InChI is InChI=1S/C64H100O27/c1-13-26(3)53(80)90-50-51(91-54(81)27(4)14-2)64(25-67)30(21-59(50,6)7)29-15-16-34-61(10)19-18-36(60(8,9)33(61)17-20-62(34,11)63(29,12)22-35(64)68)85-58-49(89-56-44(76)41(73)38(70)31(23-65)83-56)46(45(77)47(87-58)52(78)79)86-57-48(42(74)39(71)32(24-66)84-57)88-55-43(75)40(72)37(69)28(5)82-55/h13-15,28,30-51,55-58,65-77H,16-25H2,1-12H3,(H,78,79)/b26-13+,27-14+/t28?,30-,31+,32+,33-,34+,35+,36-,37?,38-,39-,40?,41-,42-,43?,44+,45-,46-,47-,48+,49+,50-,51-,55?,56-,57-,58+,61-,62+,63+,64-/m0/s1. The molecule has 0 aromatic carbocycles. The fraction of sp³-hybridized carbons (Fsp3) is 0.859. The first-order chi connectivity index (χ1) is 42.5. The summed E-state index contributed by atoms with van der Waals surface area (Å²) in [5.74, 6) is -3.74. The molecule has 5 unspecified atom stereocenters. The first-order valence-corrected chi connectivity index (χ1v) is 32.0. The van der Waals surface area contributed by atoms with E-state index in [0.29, 0.717) is 49.7 Å². The van der Waals surface area contributed by atoms with Gasteiger partial charge in [-0.25, -0.2) is 14.4 Å². The van der Waals surface area contributed by atoms with Crippen LogP contribution in [0.3, 0.4) is 0 Å². The molecule has 0 bridgehead atoms. The van der Waals surface area contributed by atoms with Crippen molar-refractivity contribution in [1.29, 1.82) is 0 Å². The quantitative estimate of drug-likeness (QED) is 0.0401. The number of carboxylic acid groups (broad SMARTS) is 1. The predicted octanol–water partition coefficient (Wildman–Crippen LogP) is -0.495. The Kier molecular flexibility index (Phi) is 21.1. The van der Waals surface area contributed by atoms with Crippen molar-refractivity contribution >= 4 is 17.9 Å². The van der Waals surface area contributed by atoms with E-state index in [4.69, 9.17) is 47.4 Å².